The maximum absolute atomic E-state index is 13.8. The fraction of sp³-hybridized carbons (Fsp3) is 0.519. The SMILES string of the molecule is C[C@@H]1CC(=O)Nc2ncnc(N3CCN(C(=O)[C@H](CNC(=O)OC(C)(C)C)c4ccc(Cl)cc4)C[C@H]3C)c21. The lowest BCUT2D eigenvalue weighted by Gasteiger charge is -2.43. The minimum absolute atomic E-state index is 0.00461. The summed E-state index contributed by atoms with van der Waals surface area (Å²) < 4.78 is 5.37. The molecule has 2 N–H and O–H groups in total. The second-order valence-corrected chi connectivity index (χ2v) is 11.4. The van der Waals surface area contributed by atoms with Crippen molar-refractivity contribution in [3.05, 3.63) is 46.7 Å². The number of ether oxygens (including phenoxy) is 1. The molecule has 2 aromatic rings. The van der Waals surface area contributed by atoms with Crippen LogP contribution in [-0.2, 0) is 14.3 Å². The normalized spacial score (nSPS) is 20.3. The average Bonchev–Trinajstić information content (AvgIpc) is 2.83. The summed E-state index contributed by atoms with van der Waals surface area (Å²) in [6, 6.07) is 7.07. The molecule has 2 aliphatic heterocycles. The van der Waals surface area contributed by atoms with Crippen LogP contribution >= 0.6 is 11.6 Å². The molecular formula is C27H35ClN6O4. The van der Waals surface area contributed by atoms with Crippen molar-refractivity contribution in [3.63, 3.8) is 0 Å². The molecular weight excluding hydrogens is 508 g/mol. The van der Waals surface area contributed by atoms with Crippen molar-refractivity contribution >= 4 is 41.1 Å². The molecule has 0 spiro atoms. The number of carbonyl (C=O) groups is 3. The number of fused-ring (bicyclic) bond motifs is 1. The lowest BCUT2D eigenvalue weighted by molar-refractivity contribution is -0.133. The van der Waals surface area contributed by atoms with E-state index in [0.29, 0.717) is 36.9 Å². The molecule has 4 rings (SSSR count). The van der Waals surface area contributed by atoms with Crippen molar-refractivity contribution in [2.24, 2.45) is 0 Å². The standard InChI is InChI=1S/C27H35ClN6O4/c1-16-12-21(35)32-23-22(16)24(31-15-30-23)34-11-10-33(14-17(34)2)25(36)20(18-6-8-19(28)9-7-18)13-29-26(37)38-27(3,4)5/h6-9,15-17,20H,10-14H2,1-5H3,(H,29,37)(H,30,31,32,35)/t16-,17-,20-/m1/s1. The number of alkyl carbamates (subject to hydrolysis) is 1. The molecule has 1 fully saturated rings. The molecule has 0 saturated carbocycles. The Morgan fingerprint density at radius 2 is 1.89 bits per heavy atom. The van der Waals surface area contributed by atoms with Gasteiger partial charge in [0, 0.05) is 49.2 Å². The molecule has 11 heteroatoms. The van der Waals surface area contributed by atoms with Gasteiger partial charge in [0.2, 0.25) is 11.8 Å². The Kier molecular flexibility index (Phi) is 8.10. The third-order valence-corrected chi connectivity index (χ3v) is 6.99. The number of aromatic nitrogens is 2. The number of amides is 3. The molecule has 0 bridgehead atoms. The molecule has 3 amide bonds. The fourth-order valence-corrected chi connectivity index (χ4v) is 5.09. The van der Waals surface area contributed by atoms with Gasteiger partial charge in [-0.1, -0.05) is 30.7 Å². The Morgan fingerprint density at radius 3 is 2.55 bits per heavy atom. The molecule has 1 aromatic heterocycles. The largest absolute Gasteiger partial charge is 0.444 e. The monoisotopic (exact) mass is 542 g/mol. The van der Waals surface area contributed by atoms with Crippen molar-refractivity contribution in [1.29, 1.82) is 0 Å². The van der Waals surface area contributed by atoms with E-state index in [0.717, 1.165) is 16.9 Å². The van der Waals surface area contributed by atoms with Crippen molar-refractivity contribution in [2.75, 3.05) is 36.4 Å². The summed E-state index contributed by atoms with van der Waals surface area (Å²) >= 11 is 6.08. The second-order valence-electron chi connectivity index (χ2n) is 10.9. The number of rotatable bonds is 5. The topological polar surface area (TPSA) is 117 Å². The number of benzene rings is 1. The predicted molar refractivity (Wildman–Crippen MR) is 146 cm³/mol. The van der Waals surface area contributed by atoms with E-state index < -0.39 is 17.6 Å². The molecule has 0 aliphatic carbocycles. The van der Waals surface area contributed by atoms with Crippen LogP contribution in [-0.4, -0.2) is 70.6 Å². The summed E-state index contributed by atoms with van der Waals surface area (Å²) in [6.45, 7) is 11.1. The van der Waals surface area contributed by atoms with Gasteiger partial charge in [0.05, 0.1) is 5.92 Å². The molecule has 3 atom stereocenters. The molecule has 1 saturated heterocycles. The Morgan fingerprint density at radius 1 is 1.18 bits per heavy atom. The van der Waals surface area contributed by atoms with E-state index in [9.17, 15) is 14.4 Å². The van der Waals surface area contributed by atoms with Crippen LogP contribution in [0.1, 0.15) is 64.0 Å². The smallest absolute Gasteiger partial charge is 0.407 e. The van der Waals surface area contributed by atoms with Gasteiger partial charge in [0.15, 0.2) is 0 Å². The highest BCUT2D eigenvalue weighted by atomic mass is 35.5. The Hall–Kier alpha value is -3.40. The number of nitrogens with zero attached hydrogens (tertiary/aromatic N) is 4. The van der Waals surface area contributed by atoms with Gasteiger partial charge in [-0.2, -0.15) is 0 Å². The third kappa shape index (κ3) is 6.35. The maximum Gasteiger partial charge on any atom is 0.407 e. The highest BCUT2D eigenvalue weighted by molar-refractivity contribution is 6.30. The van der Waals surface area contributed by atoms with E-state index >= 15 is 0 Å². The van der Waals surface area contributed by atoms with Gasteiger partial charge in [0.25, 0.3) is 0 Å². The number of carbonyl (C=O) groups excluding carboxylic acids is 3. The molecule has 3 heterocycles. The van der Waals surface area contributed by atoms with E-state index in [1.54, 1.807) is 32.9 Å². The first kappa shape index (κ1) is 27.6. The zero-order chi connectivity index (χ0) is 27.6. The number of anilines is 2. The summed E-state index contributed by atoms with van der Waals surface area (Å²) in [7, 11) is 0. The molecule has 0 unspecified atom stereocenters. The van der Waals surface area contributed by atoms with E-state index in [2.05, 4.69) is 32.4 Å². The molecule has 1 aromatic carbocycles. The minimum atomic E-state index is -0.643. The van der Waals surface area contributed by atoms with Crippen LogP contribution in [0.2, 0.25) is 5.02 Å². The number of nitrogens with one attached hydrogen (secondary N) is 2. The van der Waals surface area contributed by atoms with Crippen LogP contribution < -0.4 is 15.5 Å². The molecule has 204 valence electrons. The zero-order valence-corrected chi connectivity index (χ0v) is 23.2. The average molecular weight is 543 g/mol. The third-order valence-electron chi connectivity index (χ3n) is 6.74. The van der Waals surface area contributed by atoms with E-state index in [1.165, 1.54) is 6.33 Å². The molecule has 38 heavy (non-hydrogen) atoms. The van der Waals surface area contributed by atoms with Crippen molar-refractivity contribution < 1.29 is 19.1 Å². The van der Waals surface area contributed by atoms with E-state index in [-0.39, 0.29) is 30.3 Å². The fourth-order valence-electron chi connectivity index (χ4n) is 4.97. The highest BCUT2D eigenvalue weighted by Gasteiger charge is 2.35. The molecule has 2 aliphatic rings. The number of hydrogen-bond donors (Lipinski definition) is 2. The van der Waals surface area contributed by atoms with Gasteiger partial charge in [-0.15, -0.1) is 0 Å². The first-order valence-corrected chi connectivity index (χ1v) is 13.2. The Labute approximate surface area is 228 Å². The van der Waals surface area contributed by atoms with E-state index in [1.807, 2.05) is 24.0 Å². The van der Waals surface area contributed by atoms with Crippen molar-refractivity contribution in [3.8, 4) is 0 Å². The first-order chi connectivity index (χ1) is 17.9. The Bertz CT molecular complexity index is 1200. The number of hydrogen-bond acceptors (Lipinski definition) is 7. The number of piperazine rings is 1. The maximum atomic E-state index is 13.8. The lowest BCUT2D eigenvalue weighted by Crippen LogP contribution is -2.56. The summed E-state index contributed by atoms with van der Waals surface area (Å²) in [5.41, 5.74) is 1.05. The van der Waals surface area contributed by atoms with Crippen LogP contribution in [0.25, 0.3) is 0 Å². The van der Waals surface area contributed by atoms with Crippen LogP contribution in [0.5, 0.6) is 0 Å². The minimum Gasteiger partial charge on any atom is -0.444 e. The zero-order valence-electron chi connectivity index (χ0n) is 22.5. The predicted octanol–water partition coefficient (Wildman–Crippen LogP) is 3.92. The van der Waals surface area contributed by atoms with Crippen molar-refractivity contribution in [2.45, 2.75) is 64.5 Å². The van der Waals surface area contributed by atoms with Crippen molar-refractivity contribution in [1.82, 2.24) is 20.2 Å². The quantitative estimate of drug-likeness (QED) is 0.588. The highest BCUT2D eigenvalue weighted by Crippen LogP contribution is 2.37. The number of halogens is 1. The van der Waals surface area contributed by atoms with Crippen LogP contribution in [0.4, 0.5) is 16.4 Å². The van der Waals surface area contributed by atoms with Gasteiger partial charge in [-0.25, -0.2) is 14.8 Å². The summed E-state index contributed by atoms with van der Waals surface area (Å²) in [6.07, 6.45) is 1.28. The van der Waals surface area contributed by atoms with Gasteiger partial charge in [-0.05, 0) is 51.3 Å². The molecule has 10 nitrogen and oxygen atoms in total. The van der Waals surface area contributed by atoms with Crippen LogP contribution in [0.3, 0.4) is 0 Å². The van der Waals surface area contributed by atoms with Gasteiger partial charge in [-0.3, -0.25) is 9.59 Å². The van der Waals surface area contributed by atoms with Gasteiger partial charge < -0.3 is 25.2 Å². The second kappa shape index (κ2) is 11.1. The summed E-state index contributed by atoms with van der Waals surface area (Å²) in [5.74, 6) is 0.616. The lowest BCUT2D eigenvalue weighted by atomic mass is 9.93. The first-order valence-electron chi connectivity index (χ1n) is 12.9. The Balaban J connectivity index is 1.50. The summed E-state index contributed by atoms with van der Waals surface area (Å²) in [5, 5.41) is 6.18. The van der Waals surface area contributed by atoms with E-state index in [4.69, 9.17) is 16.3 Å². The van der Waals surface area contributed by atoms with Crippen LogP contribution in [0.15, 0.2) is 30.6 Å². The van der Waals surface area contributed by atoms with Gasteiger partial charge >= 0.3 is 6.09 Å². The summed E-state index contributed by atoms with van der Waals surface area (Å²) in [4.78, 5) is 51.0. The molecule has 0 radical (unpaired) electrons. The van der Waals surface area contributed by atoms with Crippen LogP contribution in [0, 0.1) is 0 Å². The van der Waals surface area contributed by atoms with Gasteiger partial charge in [0.1, 0.15) is 23.6 Å².